The maximum atomic E-state index is 10.4. The number of allylic oxidation sites excluding steroid dienone is 8. The van der Waals surface area contributed by atoms with Crippen LogP contribution in [0.25, 0.3) is 60.6 Å². The molecule has 0 N–H and O–H groups in total. The summed E-state index contributed by atoms with van der Waals surface area (Å²) in [6.07, 6.45) is 13.8. The van der Waals surface area contributed by atoms with E-state index in [9.17, 15) is 5.26 Å². The van der Waals surface area contributed by atoms with Crippen molar-refractivity contribution in [3.05, 3.63) is 162 Å². The Bertz CT molecular complexity index is 2510. The second kappa shape index (κ2) is 10.6. The summed E-state index contributed by atoms with van der Waals surface area (Å²) in [5.41, 5.74) is 11.5. The molecule has 2 heterocycles. The quantitative estimate of drug-likeness (QED) is 0.201. The van der Waals surface area contributed by atoms with Gasteiger partial charge in [0, 0.05) is 38.8 Å². The summed E-state index contributed by atoms with van der Waals surface area (Å²) in [5, 5.41) is 15.2. The highest BCUT2D eigenvalue weighted by molar-refractivity contribution is 6.19. The van der Waals surface area contributed by atoms with Gasteiger partial charge in [-0.25, -0.2) is 0 Å². The molecule has 0 saturated heterocycles. The number of rotatable bonds is 4. The molecule has 0 spiro atoms. The number of fused-ring (bicyclic) bond motifs is 6. The summed E-state index contributed by atoms with van der Waals surface area (Å²) in [4.78, 5) is 0. The molecule has 0 bridgehead atoms. The molecule has 2 aromatic heterocycles. The standard InChI is InChI=1S/C43H31N3/c44-28-33-23-22-32(31-15-11-14-30(24-31)29-12-3-1-4-13-29)25-41(33)46-40-21-10-8-19-36(40)38-26-42-37(27-43(38)46)35-18-7-9-20-39(35)45(42)34-16-5-2-6-17-34/h1-3,5-12,14-24,26-27,32H,4,13,25H2. The van der Waals surface area contributed by atoms with Gasteiger partial charge in [0.2, 0.25) is 0 Å². The molecule has 0 radical (unpaired) electrons. The molecule has 3 nitrogen and oxygen atoms in total. The average Bonchev–Trinajstić information content (AvgIpc) is 3.63. The van der Waals surface area contributed by atoms with Crippen molar-refractivity contribution >= 4 is 54.9 Å². The lowest BCUT2D eigenvalue weighted by Gasteiger charge is -2.23. The van der Waals surface area contributed by atoms with E-state index < -0.39 is 0 Å². The fourth-order valence-electron chi connectivity index (χ4n) is 7.63. The van der Waals surface area contributed by atoms with E-state index in [-0.39, 0.29) is 5.92 Å². The Hall–Kier alpha value is -5.85. The maximum Gasteiger partial charge on any atom is 0.101 e. The van der Waals surface area contributed by atoms with E-state index in [0.717, 1.165) is 47.3 Å². The van der Waals surface area contributed by atoms with E-state index in [1.54, 1.807) is 0 Å². The minimum Gasteiger partial charge on any atom is -0.312 e. The monoisotopic (exact) mass is 589 g/mol. The Labute approximate surface area is 267 Å². The molecule has 2 aliphatic rings. The third-order valence-electron chi connectivity index (χ3n) is 9.79. The van der Waals surface area contributed by atoms with Crippen molar-refractivity contribution < 1.29 is 0 Å². The summed E-state index contributed by atoms with van der Waals surface area (Å²) in [6.45, 7) is 0. The molecule has 46 heavy (non-hydrogen) atoms. The van der Waals surface area contributed by atoms with E-state index in [1.807, 2.05) is 6.08 Å². The topological polar surface area (TPSA) is 33.6 Å². The zero-order valence-corrected chi connectivity index (χ0v) is 25.4. The van der Waals surface area contributed by atoms with Gasteiger partial charge in [-0.2, -0.15) is 5.26 Å². The third-order valence-corrected chi connectivity index (χ3v) is 9.79. The van der Waals surface area contributed by atoms with Crippen molar-refractivity contribution in [2.24, 2.45) is 0 Å². The van der Waals surface area contributed by atoms with Crippen molar-refractivity contribution in [1.82, 2.24) is 9.13 Å². The fraction of sp³-hybridized carbons (Fsp3) is 0.0930. The maximum absolute atomic E-state index is 10.4. The first-order chi connectivity index (χ1) is 22.8. The molecule has 0 fully saturated rings. The normalized spacial score (nSPS) is 16.5. The smallest absolute Gasteiger partial charge is 0.101 e. The number of para-hydroxylation sites is 3. The molecule has 0 saturated carbocycles. The van der Waals surface area contributed by atoms with Gasteiger partial charge in [-0.3, -0.25) is 0 Å². The lowest BCUT2D eigenvalue weighted by molar-refractivity contribution is 0.831. The van der Waals surface area contributed by atoms with Crippen LogP contribution in [0.3, 0.4) is 0 Å². The number of aromatic nitrogens is 2. The van der Waals surface area contributed by atoms with E-state index >= 15 is 0 Å². The number of hydrogen-bond acceptors (Lipinski definition) is 1. The molecular formula is C43H31N3. The Kier molecular flexibility index (Phi) is 6.14. The van der Waals surface area contributed by atoms with E-state index in [2.05, 4.69) is 155 Å². The Balaban J connectivity index is 1.26. The molecule has 5 aromatic carbocycles. The predicted molar refractivity (Wildman–Crippen MR) is 192 cm³/mol. The Morgan fingerprint density at radius 2 is 1.35 bits per heavy atom. The van der Waals surface area contributed by atoms with Crippen molar-refractivity contribution in [3.63, 3.8) is 0 Å². The van der Waals surface area contributed by atoms with Gasteiger partial charge in [0.1, 0.15) is 6.07 Å². The van der Waals surface area contributed by atoms with Crippen LogP contribution in [0.5, 0.6) is 0 Å². The van der Waals surface area contributed by atoms with Crippen molar-refractivity contribution in [3.8, 4) is 11.8 Å². The molecular weight excluding hydrogens is 558 g/mol. The minimum atomic E-state index is 0.173. The highest BCUT2D eigenvalue weighted by Crippen LogP contribution is 2.43. The van der Waals surface area contributed by atoms with Gasteiger partial charge in [-0.1, -0.05) is 103 Å². The second-order valence-corrected chi connectivity index (χ2v) is 12.4. The zero-order chi connectivity index (χ0) is 30.6. The first-order valence-corrected chi connectivity index (χ1v) is 16.1. The molecule has 218 valence electrons. The van der Waals surface area contributed by atoms with Crippen molar-refractivity contribution in [2.75, 3.05) is 0 Å². The van der Waals surface area contributed by atoms with Crippen molar-refractivity contribution in [2.45, 2.75) is 25.2 Å². The fourth-order valence-corrected chi connectivity index (χ4v) is 7.63. The van der Waals surface area contributed by atoms with Crippen LogP contribution in [0.1, 0.15) is 36.3 Å². The number of hydrogen-bond donors (Lipinski definition) is 0. The van der Waals surface area contributed by atoms with E-state index in [1.165, 1.54) is 49.3 Å². The summed E-state index contributed by atoms with van der Waals surface area (Å²) < 4.78 is 4.74. The van der Waals surface area contributed by atoms with Crippen LogP contribution in [0, 0.1) is 11.3 Å². The molecule has 0 aliphatic heterocycles. The second-order valence-electron chi connectivity index (χ2n) is 12.4. The van der Waals surface area contributed by atoms with Gasteiger partial charge in [-0.05, 0) is 78.4 Å². The molecule has 9 rings (SSSR count). The van der Waals surface area contributed by atoms with Crippen LogP contribution in [0.2, 0.25) is 0 Å². The number of nitriles is 1. The lowest BCUT2D eigenvalue weighted by Crippen LogP contribution is -2.09. The van der Waals surface area contributed by atoms with Crippen LogP contribution in [0.15, 0.2) is 151 Å². The highest BCUT2D eigenvalue weighted by atomic mass is 15.0. The first-order valence-electron chi connectivity index (χ1n) is 16.1. The van der Waals surface area contributed by atoms with Gasteiger partial charge >= 0.3 is 0 Å². The molecule has 1 atom stereocenters. The van der Waals surface area contributed by atoms with Gasteiger partial charge in [0.05, 0.1) is 27.6 Å². The van der Waals surface area contributed by atoms with E-state index in [0.29, 0.717) is 0 Å². The summed E-state index contributed by atoms with van der Waals surface area (Å²) >= 11 is 0. The molecule has 0 amide bonds. The van der Waals surface area contributed by atoms with Crippen LogP contribution in [-0.4, -0.2) is 9.13 Å². The lowest BCUT2D eigenvalue weighted by atomic mass is 9.86. The molecule has 1 unspecified atom stereocenters. The van der Waals surface area contributed by atoms with Gasteiger partial charge in [0.15, 0.2) is 0 Å². The average molecular weight is 590 g/mol. The molecule has 7 aromatic rings. The summed E-state index contributed by atoms with van der Waals surface area (Å²) in [5.74, 6) is 0.173. The summed E-state index contributed by atoms with van der Waals surface area (Å²) in [7, 11) is 0. The number of benzene rings is 5. The Morgan fingerprint density at radius 1 is 0.652 bits per heavy atom. The predicted octanol–water partition coefficient (Wildman–Crippen LogP) is 11.1. The van der Waals surface area contributed by atoms with Crippen LogP contribution < -0.4 is 0 Å². The Morgan fingerprint density at radius 3 is 2.07 bits per heavy atom. The van der Waals surface area contributed by atoms with Crippen molar-refractivity contribution in [1.29, 1.82) is 5.26 Å². The third kappa shape index (κ3) is 4.11. The SMILES string of the molecule is N#CC1=C(n2c3ccccc3c3cc4c(cc32)c2ccccc2n4-c2ccccc2)CC(c2cccc(C3=CC=CCC3)c2)C=C1. The van der Waals surface area contributed by atoms with Crippen LogP contribution >= 0.6 is 0 Å². The summed E-state index contributed by atoms with van der Waals surface area (Å²) in [6, 6.07) is 44.2. The highest BCUT2D eigenvalue weighted by Gasteiger charge is 2.25. The minimum absolute atomic E-state index is 0.173. The van der Waals surface area contributed by atoms with Crippen LogP contribution in [0.4, 0.5) is 0 Å². The van der Waals surface area contributed by atoms with Gasteiger partial charge in [-0.15, -0.1) is 0 Å². The first kappa shape index (κ1) is 26.5. The largest absolute Gasteiger partial charge is 0.312 e. The van der Waals surface area contributed by atoms with Gasteiger partial charge < -0.3 is 9.13 Å². The van der Waals surface area contributed by atoms with Crippen LogP contribution in [-0.2, 0) is 0 Å². The molecule has 2 aliphatic carbocycles. The number of nitrogens with zero attached hydrogens (tertiary/aromatic N) is 3. The molecule has 3 heteroatoms. The van der Waals surface area contributed by atoms with Gasteiger partial charge in [0.25, 0.3) is 0 Å². The zero-order valence-electron chi connectivity index (χ0n) is 25.4. The van der Waals surface area contributed by atoms with E-state index in [4.69, 9.17) is 0 Å².